The summed E-state index contributed by atoms with van der Waals surface area (Å²) >= 11 is 2.25. The van der Waals surface area contributed by atoms with Crippen LogP contribution in [0.15, 0.2) is 30.5 Å². The maximum Gasteiger partial charge on any atom is 0.255 e. The predicted octanol–water partition coefficient (Wildman–Crippen LogP) is 3.23. The van der Waals surface area contributed by atoms with Crippen molar-refractivity contribution in [3.63, 3.8) is 0 Å². The number of aromatic nitrogens is 1. The number of carbonyl (C=O) groups is 1. The summed E-state index contributed by atoms with van der Waals surface area (Å²) < 4.78 is 1.09. The first-order valence-corrected chi connectivity index (χ1v) is 8.34. The van der Waals surface area contributed by atoms with Crippen LogP contribution in [0.25, 0.3) is 0 Å². The van der Waals surface area contributed by atoms with E-state index in [9.17, 15) is 4.79 Å². The molecule has 0 bridgehead atoms. The zero-order valence-corrected chi connectivity index (χ0v) is 14.8. The van der Waals surface area contributed by atoms with E-state index >= 15 is 0 Å². The lowest BCUT2D eigenvalue weighted by Crippen LogP contribution is -2.27. The van der Waals surface area contributed by atoms with Crippen molar-refractivity contribution in [1.29, 1.82) is 0 Å². The molecular weight excluding hydrogens is 389 g/mol. The highest BCUT2D eigenvalue weighted by Crippen LogP contribution is 2.20. The first kappa shape index (κ1) is 15.4. The second kappa shape index (κ2) is 6.34. The van der Waals surface area contributed by atoms with E-state index in [0.717, 1.165) is 34.5 Å². The van der Waals surface area contributed by atoms with Gasteiger partial charge in [0.1, 0.15) is 0 Å². The van der Waals surface area contributed by atoms with Crippen molar-refractivity contribution in [2.45, 2.75) is 19.9 Å². The molecule has 3 rings (SSSR count). The van der Waals surface area contributed by atoms with Gasteiger partial charge in [0.05, 0.1) is 11.9 Å². The molecule has 2 aromatic rings. The van der Waals surface area contributed by atoms with Crippen LogP contribution < -0.4 is 5.32 Å². The Morgan fingerprint density at radius 1 is 1.36 bits per heavy atom. The molecule has 1 aliphatic heterocycles. The third kappa shape index (κ3) is 3.30. The van der Waals surface area contributed by atoms with Crippen molar-refractivity contribution < 1.29 is 4.79 Å². The Kier molecular flexibility index (Phi) is 4.44. The zero-order chi connectivity index (χ0) is 15.7. The lowest BCUT2D eigenvalue weighted by Gasteiger charge is -2.24. The predicted molar refractivity (Wildman–Crippen MR) is 96.1 cm³/mol. The van der Waals surface area contributed by atoms with E-state index in [2.05, 4.69) is 44.8 Å². The average molecular weight is 407 g/mol. The van der Waals surface area contributed by atoms with Crippen LogP contribution in [0.3, 0.4) is 0 Å². The van der Waals surface area contributed by atoms with Crippen LogP contribution in [0.1, 0.15) is 27.2 Å². The Bertz CT molecular complexity index is 730. The molecule has 0 spiro atoms. The Morgan fingerprint density at radius 3 is 2.95 bits per heavy atom. The molecule has 0 unspecified atom stereocenters. The molecule has 0 atom stereocenters. The van der Waals surface area contributed by atoms with Gasteiger partial charge in [0.2, 0.25) is 0 Å². The number of likely N-dealkylation sites (N-methyl/N-ethyl adjacent to an activating group) is 1. The monoisotopic (exact) mass is 407 g/mol. The molecule has 1 aromatic heterocycles. The summed E-state index contributed by atoms with van der Waals surface area (Å²) in [5, 5.41) is 2.95. The number of anilines is 1. The number of hydrogen-bond donors (Lipinski definition) is 1. The van der Waals surface area contributed by atoms with Gasteiger partial charge < -0.3 is 10.2 Å². The minimum Gasteiger partial charge on any atom is -0.321 e. The molecule has 1 N–H and O–H groups in total. The molecule has 1 aromatic carbocycles. The Morgan fingerprint density at radius 2 is 2.18 bits per heavy atom. The molecule has 4 nitrogen and oxygen atoms in total. The zero-order valence-electron chi connectivity index (χ0n) is 12.7. The van der Waals surface area contributed by atoms with Gasteiger partial charge in [0, 0.05) is 34.3 Å². The summed E-state index contributed by atoms with van der Waals surface area (Å²) in [5.74, 6) is -0.0937. The van der Waals surface area contributed by atoms with Crippen molar-refractivity contribution in [3.8, 4) is 0 Å². The highest BCUT2D eigenvalue weighted by atomic mass is 127. The molecule has 2 heterocycles. The largest absolute Gasteiger partial charge is 0.321 e. The number of nitrogens with one attached hydrogen (secondary N) is 1. The van der Waals surface area contributed by atoms with Crippen LogP contribution in [-0.4, -0.2) is 29.4 Å². The van der Waals surface area contributed by atoms with E-state index in [4.69, 9.17) is 0 Å². The van der Waals surface area contributed by atoms with Gasteiger partial charge in [-0.1, -0.05) is 6.07 Å². The van der Waals surface area contributed by atoms with Crippen LogP contribution >= 0.6 is 22.6 Å². The highest BCUT2D eigenvalue weighted by Gasteiger charge is 2.15. The second-order valence-electron chi connectivity index (χ2n) is 5.74. The number of rotatable bonds is 2. The number of hydrogen-bond acceptors (Lipinski definition) is 3. The lowest BCUT2D eigenvalue weighted by molar-refractivity contribution is 0.102. The summed E-state index contributed by atoms with van der Waals surface area (Å²) in [6, 6.07) is 7.77. The Labute approximate surface area is 144 Å². The molecule has 0 fully saturated rings. The van der Waals surface area contributed by atoms with Gasteiger partial charge in [-0.25, -0.2) is 0 Å². The second-order valence-corrected chi connectivity index (χ2v) is 6.90. The fourth-order valence-electron chi connectivity index (χ4n) is 2.57. The smallest absolute Gasteiger partial charge is 0.255 e. The van der Waals surface area contributed by atoms with E-state index in [-0.39, 0.29) is 5.91 Å². The van der Waals surface area contributed by atoms with Crippen molar-refractivity contribution in [2.24, 2.45) is 0 Å². The Hall–Kier alpha value is -1.47. The molecule has 0 radical (unpaired) electrons. The quantitative estimate of drug-likeness (QED) is 0.778. The van der Waals surface area contributed by atoms with E-state index < -0.39 is 0 Å². The third-order valence-corrected chi connectivity index (χ3v) is 5.08. The normalized spacial score (nSPS) is 14.5. The number of amides is 1. The van der Waals surface area contributed by atoms with Crippen molar-refractivity contribution in [3.05, 3.63) is 56.4 Å². The number of aryl methyl sites for hydroxylation is 1. The number of nitrogens with zero attached hydrogens (tertiary/aromatic N) is 2. The standard InChI is InChI=1S/C17H18IN3O/c1-11-3-4-12(8-15(11)18)17(22)20-14-7-13-10-21(2)6-5-16(13)19-9-14/h3-4,7-9H,5-6,10H2,1-2H3,(H,20,22). The molecule has 1 amide bonds. The maximum absolute atomic E-state index is 12.4. The summed E-state index contributed by atoms with van der Waals surface area (Å²) in [6.45, 7) is 3.95. The molecule has 1 aliphatic rings. The number of benzene rings is 1. The van der Waals surface area contributed by atoms with Gasteiger partial charge in [-0.05, 0) is 65.9 Å². The molecule has 114 valence electrons. The molecular formula is C17H18IN3O. The topological polar surface area (TPSA) is 45.2 Å². The number of pyridine rings is 1. The van der Waals surface area contributed by atoms with Crippen LogP contribution in [0.4, 0.5) is 5.69 Å². The molecule has 22 heavy (non-hydrogen) atoms. The molecule has 0 saturated carbocycles. The van der Waals surface area contributed by atoms with Crippen molar-refractivity contribution in [2.75, 3.05) is 18.9 Å². The summed E-state index contributed by atoms with van der Waals surface area (Å²) in [5.41, 5.74) is 4.95. The van der Waals surface area contributed by atoms with E-state index in [1.54, 1.807) is 6.20 Å². The fraction of sp³-hybridized carbons (Fsp3) is 0.294. The summed E-state index contributed by atoms with van der Waals surface area (Å²) in [4.78, 5) is 19.1. The van der Waals surface area contributed by atoms with E-state index in [1.807, 2.05) is 31.2 Å². The number of halogens is 1. The summed E-state index contributed by atoms with van der Waals surface area (Å²) in [7, 11) is 2.10. The van der Waals surface area contributed by atoms with Gasteiger partial charge >= 0.3 is 0 Å². The third-order valence-electron chi connectivity index (χ3n) is 3.92. The fourth-order valence-corrected chi connectivity index (χ4v) is 3.09. The van der Waals surface area contributed by atoms with Crippen LogP contribution in [0.2, 0.25) is 0 Å². The molecule has 0 saturated heterocycles. The van der Waals surface area contributed by atoms with Gasteiger partial charge in [-0.2, -0.15) is 0 Å². The van der Waals surface area contributed by atoms with Crippen LogP contribution in [0.5, 0.6) is 0 Å². The number of carbonyl (C=O) groups excluding carboxylic acids is 1. The van der Waals surface area contributed by atoms with Crippen molar-refractivity contribution in [1.82, 2.24) is 9.88 Å². The first-order valence-electron chi connectivity index (χ1n) is 7.27. The first-order chi connectivity index (χ1) is 10.5. The minimum atomic E-state index is -0.0937. The van der Waals surface area contributed by atoms with E-state index in [0.29, 0.717) is 5.56 Å². The van der Waals surface area contributed by atoms with E-state index in [1.165, 1.54) is 11.1 Å². The van der Waals surface area contributed by atoms with Crippen LogP contribution in [-0.2, 0) is 13.0 Å². The van der Waals surface area contributed by atoms with Gasteiger partial charge in [0.25, 0.3) is 5.91 Å². The van der Waals surface area contributed by atoms with Gasteiger partial charge in [-0.3, -0.25) is 9.78 Å². The Balaban J connectivity index is 1.79. The SMILES string of the molecule is Cc1ccc(C(=O)Nc2cnc3c(c2)CN(C)CC3)cc1I. The average Bonchev–Trinajstić information content (AvgIpc) is 2.49. The highest BCUT2D eigenvalue weighted by molar-refractivity contribution is 14.1. The van der Waals surface area contributed by atoms with Gasteiger partial charge in [0.15, 0.2) is 0 Å². The summed E-state index contributed by atoms with van der Waals surface area (Å²) in [6.07, 6.45) is 2.72. The molecule has 5 heteroatoms. The molecule has 0 aliphatic carbocycles. The van der Waals surface area contributed by atoms with Crippen LogP contribution in [0, 0.1) is 10.5 Å². The minimum absolute atomic E-state index is 0.0937. The van der Waals surface area contributed by atoms with Gasteiger partial charge in [-0.15, -0.1) is 0 Å². The maximum atomic E-state index is 12.4. The van der Waals surface area contributed by atoms with Crippen molar-refractivity contribution >= 4 is 34.2 Å². The number of fused-ring (bicyclic) bond motifs is 1. The lowest BCUT2D eigenvalue weighted by atomic mass is 10.1.